The summed E-state index contributed by atoms with van der Waals surface area (Å²) in [7, 11) is 0. The van der Waals surface area contributed by atoms with Gasteiger partial charge >= 0.3 is 6.18 Å². The molecule has 0 spiro atoms. The molecule has 0 saturated carbocycles. The van der Waals surface area contributed by atoms with Crippen LogP contribution in [0.3, 0.4) is 0 Å². The summed E-state index contributed by atoms with van der Waals surface area (Å²) in [5.74, 6) is -0.902. The topological polar surface area (TPSA) is 97.0 Å². The van der Waals surface area contributed by atoms with E-state index in [4.69, 9.17) is 10.00 Å². The molecule has 0 aliphatic carbocycles. The molecular formula is C20H13F3N4O3. The van der Waals surface area contributed by atoms with Crippen molar-refractivity contribution in [2.45, 2.75) is 6.18 Å². The number of hydrogen-bond donors (Lipinski definition) is 1. The molecule has 152 valence electrons. The molecule has 3 aromatic rings. The summed E-state index contributed by atoms with van der Waals surface area (Å²) >= 11 is 0. The summed E-state index contributed by atoms with van der Waals surface area (Å²) in [5.41, 5.74) is -0.512. The number of anilines is 1. The highest BCUT2D eigenvalue weighted by Crippen LogP contribution is 2.24. The van der Waals surface area contributed by atoms with Gasteiger partial charge in [-0.15, -0.1) is 0 Å². The van der Waals surface area contributed by atoms with Crippen molar-refractivity contribution in [2.75, 3.05) is 11.9 Å². The fraction of sp³-hybridized carbons (Fsp3) is 0.100. The minimum Gasteiger partial charge on any atom is -0.482 e. The Bertz CT molecular complexity index is 1170. The van der Waals surface area contributed by atoms with Crippen LogP contribution in [0.1, 0.15) is 16.1 Å². The number of carbonyl (C=O) groups excluding carboxylic acids is 1. The lowest BCUT2D eigenvalue weighted by Gasteiger charge is -2.15. The van der Waals surface area contributed by atoms with Gasteiger partial charge in [-0.1, -0.05) is 12.1 Å². The molecule has 30 heavy (non-hydrogen) atoms. The molecule has 0 bridgehead atoms. The number of nitrogens with one attached hydrogen (secondary N) is 1. The van der Waals surface area contributed by atoms with Gasteiger partial charge in [0.15, 0.2) is 6.61 Å². The molecule has 7 nitrogen and oxygen atoms in total. The predicted molar refractivity (Wildman–Crippen MR) is 100 cm³/mol. The van der Waals surface area contributed by atoms with Gasteiger partial charge in [0.1, 0.15) is 23.1 Å². The Labute approximate surface area is 168 Å². The highest BCUT2D eigenvalue weighted by atomic mass is 19.4. The minimum absolute atomic E-state index is 0.0569. The average Bonchev–Trinajstić information content (AvgIpc) is 2.72. The molecule has 1 N–H and O–H groups in total. The summed E-state index contributed by atoms with van der Waals surface area (Å²) in [4.78, 5) is 29.2. The number of pyridine rings is 2. The lowest BCUT2D eigenvalue weighted by molar-refractivity contribution is -0.153. The minimum atomic E-state index is -4.55. The first-order valence-electron chi connectivity index (χ1n) is 8.46. The molecule has 0 saturated heterocycles. The van der Waals surface area contributed by atoms with Gasteiger partial charge in [0, 0.05) is 6.20 Å². The van der Waals surface area contributed by atoms with Gasteiger partial charge in [-0.3, -0.25) is 14.2 Å². The summed E-state index contributed by atoms with van der Waals surface area (Å²) in [6.45, 7) is -1.52. The van der Waals surface area contributed by atoms with Crippen molar-refractivity contribution in [3.63, 3.8) is 0 Å². The molecule has 1 amide bonds. The normalized spacial score (nSPS) is 10.9. The molecule has 1 aromatic carbocycles. The largest absolute Gasteiger partial charge is 0.482 e. The van der Waals surface area contributed by atoms with Crippen molar-refractivity contribution in [1.82, 2.24) is 9.55 Å². The molecule has 2 heterocycles. The highest BCUT2D eigenvalue weighted by molar-refractivity contribution is 6.03. The van der Waals surface area contributed by atoms with Gasteiger partial charge in [-0.2, -0.15) is 18.4 Å². The van der Waals surface area contributed by atoms with E-state index in [0.717, 1.165) is 4.57 Å². The Morgan fingerprint density at radius 2 is 1.93 bits per heavy atom. The standard InChI is InChI=1S/C20H13F3N4O3/c21-20(22,23)12-30-17-6-2-1-5-16(17)27-9-3-4-15(19(27)29)18(28)26-14-8-7-13(10-24)25-11-14/h1-9,11H,12H2,(H,26,28). The van der Waals surface area contributed by atoms with Crippen LogP contribution in [0.15, 0.2) is 65.7 Å². The van der Waals surface area contributed by atoms with Crippen LogP contribution < -0.4 is 15.6 Å². The fourth-order valence-corrected chi connectivity index (χ4v) is 2.53. The summed E-state index contributed by atoms with van der Waals surface area (Å²) in [6, 6.07) is 13.1. The van der Waals surface area contributed by atoms with Crippen molar-refractivity contribution in [1.29, 1.82) is 5.26 Å². The van der Waals surface area contributed by atoms with Crippen LogP contribution >= 0.6 is 0 Å². The van der Waals surface area contributed by atoms with E-state index in [1.807, 2.05) is 6.07 Å². The van der Waals surface area contributed by atoms with Crippen molar-refractivity contribution in [3.8, 4) is 17.5 Å². The second-order valence-corrected chi connectivity index (χ2v) is 5.97. The Kier molecular flexibility index (Phi) is 5.83. The third-order valence-electron chi connectivity index (χ3n) is 3.84. The molecule has 0 atom stereocenters. The van der Waals surface area contributed by atoms with Gasteiger partial charge in [0.25, 0.3) is 11.5 Å². The molecule has 0 aliphatic heterocycles. The van der Waals surface area contributed by atoms with Crippen LogP contribution in [0.2, 0.25) is 0 Å². The summed E-state index contributed by atoms with van der Waals surface area (Å²) in [5, 5.41) is 11.2. The Hall–Kier alpha value is -4.13. The fourth-order valence-electron chi connectivity index (χ4n) is 2.53. The second kappa shape index (κ2) is 8.48. The van der Waals surface area contributed by atoms with Gasteiger partial charge < -0.3 is 10.1 Å². The van der Waals surface area contributed by atoms with E-state index in [2.05, 4.69) is 10.3 Å². The SMILES string of the molecule is N#Cc1ccc(NC(=O)c2cccn(-c3ccccc3OCC(F)(F)F)c2=O)cn1. The number of amides is 1. The van der Waals surface area contributed by atoms with Crippen molar-refractivity contribution >= 4 is 11.6 Å². The Morgan fingerprint density at radius 3 is 2.60 bits per heavy atom. The van der Waals surface area contributed by atoms with Crippen LogP contribution in [0.25, 0.3) is 5.69 Å². The van der Waals surface area contributed by atoms with Crippen LogP contribution in [-0.4, -0.2) is 28.2 Å². The van der Waals surface area contributed by atoms with E-state index < -0.39 is 24.2 Å². The smallest absolute Gasteiger partial charge is 0.422 e. The van der Waals surface area contributed by atoms with Crippen molar-refractivity contribution in [3.05, 3.63) is 82.5 Å². The number of para-hydroxylation sites is 2. The van der Waals surface area contributed by atoms with Crippen LogP contribution in [-0.2, 0) is 0 Å². The number of ether oxygens (including phenoxy) is 1. The molecular weight excluding hydrogens is 401 g/mol. The zero-order valence-corrected chi connectivity index (χ0v) is 15.2. The lowest BCUT2D eigenvalue weighted by atomic mass is 10.2. The maximum absolute atomic E-state index is 12.8. The van der Waals surface area contributed by atoms with E-state index in [0.29, 0.717) is 0 Å². The number of hydrogen-bond acceptors (Lipinski definition) is 5. The Balaban J connectivity index is 1.91. The maximum atomic E-state index is 12.8. The van der Waals surface area contributed by atoms with Gasteiger partial charge in [0.05, 0.1) is 17.6 Å². The number of rotatable bonds is 5. The first-order chi connectivity index (χ1) is 14.3. The third-order valence-corrected chi connectivity index (χ3v) is 3.84. The number of alkyl halides is 3. The number of benzene rings is 1. The second-order valence-electron chi connectivity index (χ2n) is 5.97. The summed E-state index contributed by atoms with van der Waals surface area (Å²) in [6.07, 6.45) is -1.97. The molecule has 0 fully saturated rings. The zero-order valence-electron chi connectivity index (χ0n) is 15.2. The van der Waals surface area contributed by atoms with Crippen LogP contribution in [0, 0.1) is 11.3 Å². The number of halogens is 3. The van der Waals surface area contributed by atoms with Gasteiger partial charge in [-0.25, -0.2) is 4.98 Å². The molecule has 0 radical (unpaired) electrons. The molecule has 3 rings (SSSR count). The van der Waals surface area contributed by atoms with Gasteiger partial charge in [0.2, 0.25) is 0 Å². The van der Waals surface area contributed by atoms with Crippen molar-refractivity contribution in [2.24, 2.45) is 0 Å². The zero-order chi connectivity index (χ0) is 21.7. The van der Waals surface area contributed by atoms with E-state index in [1.165, 1.54) is 60.9 Å². The maximum Gasteiger partial charge on any atom is 0.422 e. The van der Waals surface area contributed by atoms with E-state index >= 15 is 0 Å². The monoisotopic (exact) mass is 414 g/mol. The average molecular weight is 414 g/mol. The van der Waals surface area contributed by atoms with Crippen molar-refractivity contribution < 1.29 is 22.7 Å². The molecule has 10 heteroatoms. The van der Waals surface area contributed by atoms with Crippen LogP contribution in [0.5, 0.6) is 5.75 Å². The molecule has 2 aromatic heterocycles. The summed E-state index contributed by atoms with van der Waals surface area (Å²) < 4.78 is 43.4. The third kappa shape index (κ3) is 4.82. The van der Waals surface area contributed by atoms with Gasteiger partial charge in [-0.05, 0) is 36.4 Å². The number of nitriles is 1. The number of aromatic nitrogens is 2. The molecule has 0 aliphatic rings. The van der Waals surface area contributed by atoms with Crippen LogP contribution in [0.4, 0.5) is 18.9 Å². The Morgan fingerprint density at radius 1 is 1.17 bits per heavy atom. The predicted octanol–water partition coefficient (Wildman–Crippen LogP) is 3.30. The molecule has 0 unspecified atom stereocenters. The first kappa shape index (κ1) is 20.6. The number of nitrogens with zero attached hydrogens (tertiary/aromatic N) is 3. The quantitative estimate of drug-likeness (QED) is 0.691. The van der Waals surface area contributed by atoms with E-state index in [1.54, 1.807) is 0 Å². The van der Waals surface area contributed by atoms with E-state index in [-0.39, 0.29) is 28.4 Å². The lowest BCUT2D eigenvalue weighted by Crippen LogP contribution is -2.28. The van der Waals surface area contributed by atoms with E-state index in [9.17, 15) is 22.8 Å². The number of carbonyl (C=O) groups is 1. The first-order valence-corrected chi connectivity index (χ1v) is 8.46. The highest BCUT2D eigenvalue weighted by Gasteiger charge is 2.29.